The lowest BCUT2D eigenvalue weighted by molar-refractivity contribution is 0.102. The molecule has 3 rings (SSSR count). The smallest absolute Gasteiger partial charge is 0.255 e. The standard InChI is InChI=1S/C17H15ClN4O/c1-22(2)15-10-12(9-14(18)21-15)17(23)20-13-7-3-5-11-6-4-8-19-16(11)13/h3-10H,1-2H3,(H,20,23). The Hall–Kier alpha value is -2.66. The van der Waals surface area contributed by atoms with E-state index in [0.29, 0.717) is 17.1 Å². The van der Waals surface area contributed by atoms with Crippen molar-refractivity contribution in [2.24, 2.45) is 0 Å². The van der Waals surface area contributed by atoms with Gasteiger partial charge in [0.15, 0.2) is 0 Å². The lowest BCUT2D eigenvalue weighted by Gasteiger charge is -2.13. The zero-order valence-electron chi connectivity index (χ0n) is 12.7. The summed E-state index contributed by atoms with van der Waals surface area (Å²) in [6, 6.07) is 12.7. The molecule has 2 heterocycles. The number of carbonyl (C=O) groups is 1. The normalized spacial score (nSPS) is 10.6. The van der Waals surface area contributed by atoms with Crippen LogP contribution in [0.25, 0.3) is 10.9 Å². The molecule has 5 nitrogen and oxygen atoms in total. The lowest BCUT2D eigenvalue weighted by atomic mass is 10.1. The highest BCUT2D eigenvalue weighted by atomic mass is 35.5. The van der Waals surface area contributed by atoms with Gasteiger partial charge in [-0.25, -0.2) is 4.98 Å². The summed E-state index contributed by atoms with van der Waals surface area (Å²) >= 11 is 6.01. The van der Waals surface area contributed by atoms with Gasteiger partial charge in [-0.1, -0.05) is 29.8 Å². The number of nitrogens with zero attached hydrogens (tertiary/aromatic N) is 3. The van der Waals surface area contributed by atoms with Crippen molar-refractivity contribution in [2.45, 2.75) is 0 Å². The zero-order chi connectivity index (χ0) is 16.4. The second-order valence-electron chi connectivity index (χ2n) is 5.27. The number of halogens is 1. The van der Waals surface area contributed by atoms with Crippen LogP contribution in [0, 0.1) is 0 Å². The van der Waals surface area contributed by atoms with Crippen LogP contribution >= 0.6 is 11.6 Å². The van der Waals surface area contributed by atoms with Crippen LogP contribution in [-0.2, 0) is 0 Å². The number of fused-ring (bicyclic) bond motifs is 1. The van der Waals surface area contributed by atoms with Gasteiger partial charge in [0.1, 0.15) is 11.0 Å². The van der Waals surface area contributed by atoms with Crippen molar-refractivity contribution in [2.75, 3.05) is 24.3 Å². The summed E-state index contributed by atoms with van der Waals surface area (Å²) < 4.78 is 0. The zero-order valence-corrected chi connectivity index (χ0v) is 13.5. The Balaban J connectivity index is 1.95. The van der Waals surface area contributed by atoms with E-state index in [1.807, 2.05) is 44.4 Å². The molecule has 0 aliphatic rings. The fourth-order valence-corrected chi connectivity index (χ4v) is 2.45. The van der Waals surface area contributed by atoms with Crippen molar-refractivity contribution in [3.63, 3.8) is 0 Å². The van der Waals surface area contributed by atoms with E-state index in [4.69, 9.17) is 11.6 Å². The minimum atomic E-state index is -0.254. The SMILES string of the molecule is CN(C)c1cc(C(=O)Nc2cccc3cccnc23)cc(Cl)n1. The molecule has 0 spiro atoms. The Morgan fingerprint density at radius 2 is 1.96 bits per heavy atom. The van der Waals surface area contributed by atoms with Crippen molar-refractivity contribution in [1.82, 2.24) is 9.97 Å². The topological polar surface area (TPSA) is 58.1 Å². The van der Waals surface area contributed by atoms with Crippen molar-refractivity contribution in [3.8, 4) is 0 Å². The highest BCUT2D eigenvalue weighted by molar-refractivity contribution is 6.30. The average molecular weight is 327 g/mol. The van der Waals surface area contributed by atoms with E-state index < -0.39 is 0 Å². The van der Waals surface area contributed by atoms with Gasteiger partial charge < -0.3 is 10.2 Å². The van der Waals surface area contributed by atoms with Crippen molar-refractivity contribution >= 4 is 39.9 Å². The van der Waals surface area contributed by atoms with Crippen molar-refractivity contribution < 1.29 is 4.79 Å². The lowest BCUT2D eigenvalue weighted by Crippen LogP contribution is -2.16. The van der Waals surface area contributed by atoms with E-state index in [0.717, 1.165) is 10.9 Å². The number of hydrogen-bond donors (Lipinski definition) is 1. The molecule has 2 aromatic heterocycles. The quantitative estimate of drug-likeness (QED) is 0.747. The number of anilines is 2. The highest BCUT2D eigenvalue weighted by Gasteiger charge is 2.12. The highest BCUT2D eigenvalue weighted by Crippen LogP contribution is 2.22. The molecule has 0 bridgehead atoms. The molecule has 0 atom stereocenters. The predicted molar refractivity (Wildman–Crippen MR) is 93.3 cm³/mol. The van der Waals surface area contributed by atoms with E-state index in [1.165, 1.54) is 0 Å². The van der Waals surface area contributed by atoms with Crippen LogP contribution in [0.15, 0.2) is 48.7 Å². The third-order valence-corrected chi connectivity index (χ3v) is 3.58. The van der Waals surface area contributed by atoms with Crippen LogP contribution in [0.1, 0.15) is 10.4 Å². The maximum absolute atomic E-state index is 12.5. The predicted octanol–water partition coefficient (Wildman–Crippen LogP) is 3.60. The maximum Gasteiger partial charge on any atom is 0.255 e. The van der Waals surface area contributed by atoms with Crippen molar-refractivity contribution in [3.05, 3.63) is 59.4 Å². The van der Waals surface area contributed by atoms with Gasteiger partial charge in [-0.2, -0.15) is 0 Å². The van der Waals surface area contributed by atoms with E-state index in [9.17, 15) is 4.79 Å². The first-order valence-corrected chi connectivity index (χ1v) is 7.42. The molecule has 0 aliphatic carbocycles. The molecule has 1 aromatic carbocycles. The fraction of sp³-hybridized carbons (Fsp3) is 0.118. The molecule has 6 heteroatoms. The van der Waals surface area contributed by atoms with Gasteiger partial charge in [0, 0.05) is 31.2 Å². The van der Waals surface area contributed by atoms with Gasteiger partial charge in [0.05, 0.1) is 11.2 Å². The molecule has 1 N–H and O–H groups in total. The second-order valence-corrected chi connectivity index (χ2v) is 5.65. The second kappa shape index (κ2) is 6.22. The largest absolute Gasteiger partial charge is 0.363 e. The number of rotatable bonds is 3. The summed E-state index contributed by atoms with van der Waals surface area (Å²) in [5.74, 6) is 0.370. The minimum Gasteiger partial charge on any atom is -0.363 e. The first-order valence-electron chi connectivity index (χ1n) is 7.04. The molecule has 0 radical (unpaired) electrons. The Labute approximate surface area is 138 Å². The summed E-state index contributed by atoms with van der Waals surface area (Å²) in [6.07, 6.45) is 1.70. The van der Waals surface area contributed by atoms with Gasteiger partial charge in [0.2, 0.25) is 0 Å². The number of hydrogen-bond acceptors (Lipinski definition) is 4. The molecule has 0 aliphatic heterocycles. The summed E-state index contributed by atoms with van der Waals surface area (Å²) in [6.45, 7) is 0. The molecular weight excluding hydrogens is 312 g/mol. The molecular formula is C17H15ClN4O. The molecule has 23 heavy (non-hydrogen) atoms. The van der Waals surface area contributed by atoms with Crippen LogP contribution in [0.2, 0.25) is 5.15 Å². The molecule has 3 aromatic rings. The average Bonchev–Trinajstić information content (AvgIpc) is 2.54. The Bertz CT molecular complexity index is 874. The number of nitrogens with one attached hydrogen (secondary N) is 1. The van der Waals surface area contributed by atoms with E-state index in [2.05, 4.69) is 15.3 Å². The van der Waals surface area contributed by atoms with Crippen molar-refractivity contribution in [1.29, 1.82) is 0 Å². The number of aromatic nitrogens is 2. The molecule has 0 saturated carbocycles. The van der Waals surface area contributed by atoms with Crippen LogP contribution in [-0.4, -0.2) is 30.0 Å². The van der Waals surface area contributed by atoms with Crippen LogP contribution in [0.5, 0.6) is 0 Å². The first-order chi connectivity index (χ1) is 11.0. The van der Waals surface area contributed by atoms with Gasteiger partial charge in [-0.3, -0.25) is 9.78 Å². The number of benzene rings is 1. The summed E-state index contributed by atoms with van der Waals surface area (Å²) in [4.78, 5) is 22.8. The van der Waals surface area contributed by atoms with E-state index >= 15 is 0 Å². The number of para-hydroxylation sites is 1. The number of pyridine rings is 2. The summed E-state index contributed by atoms with van der Waals surface area (Å²) in [7, 11) is 3.68. The maximum atomic E-state index is 12.5. The van der Waals surface area contributed by atoms with Gasteiger partial charge in [-0.15, -0.1) is 0 Å². The van der Waals surface area contributed by atoms with Crippen LogP contribution < -0.4 is 10.2 Å². The Kier molecular flexibility index (Phi) is 4.12. The number of amides is 1. The van der Waals surface area contributed by atoms with Crippen LogP contribution in [0.3, 0.4) is 0 Å². The Morgan fingerprint density at radius 1 is 1.17 bits per heavy atom. The molecule has 0 fully saturated rings. The third kappa shape index (κ3) is 3.24. The van der Waals surface area contributed by atoms with E-state index in [-0.39, 0.29) is 11.1 Å². The molecule has 0 unspecified atom stereocenters. The molecule has 0 saturated heterocycles. The van der Waals surface area contributed by atoms with Gasteiger partial charge >= 0.3 is 0 Å². The monoisotopic (exact) mass is 326 g/mol. The van der Waals surface area contributed by atoms with E-state index in [1.54, 1.807) is 23.2 Å². The summed E-state index contributed by atoms with van der Waals surface area (Å²) in [5.41, 5.74) is 1.85. The summed E-state index contributed by atoms with van der Waals surface area (Å²) in [5, 5.41) is 4.13. The first kappa shape index (κ1) is 15.2. The van der Waals surface area contributed by atoms with Gasteiger partial charge in [-0.05, 0) is 24.3 Å². The molecule has 1 amide bonds. The fourth-order valence-electron chi connectivity index (χ4n) is 2.24. The molecule has 116 valence electrons. The third-order valence-electron chi connectivity index (χ3n) is 3.38. The number of carbonyl (C=O) groups excluding carboxylic acids is 1. The van der Waals surface area contributed by atoms with Crippen LogP contribution in [0.4, 0.5) is 11.5 Å². The minimum absolute atomic E-state index is 0.254. The Morgan fingerprint density at radius 3 is 2.74 bits per heavy atom. The van der Waals surface area contributed by atoms with Gasteiger partial charge in [0.25, 0.3) is 5.91 Å².